The Bertz CT molecular complexity index is 1180. The van der Waals surface area contributed by atoms with Gasteiger partial charge >= 0.3 is 5.97 Å². The Hall–Kier alpha value is -2.65. The Morgan fingerprint density at radius 3 is 2.91 bits per heavy atom. The number of amides is 1. The van der Waals surface area contributed by atoms with Crippen LogP contribution in [0.4, 0.5) is 5.00 Å². The van der Waals surface area contributed by atoms with Gasteiger partial charge in [0.25, 0.3) is 0 Å². The number of benzene rings is 1. The van der Waals surface area contributed by atoms with Crippen molar-refractivity contribution < 1.29 is 14.3 Å². The summed E-state index contributed by atoms with van der Waals surface area (Å²) < 4.78 is 7.18. The minimum Gasteiger partial charge on any atom is -0.462 e. The van der Waals surface area contributed by atoms with Crippen LogP contribution < -0.4 is 5.32 Å². The second-order valence-electron chi connectivity index (χ2n) is 8.35. The molecule has 0 radical (unpaired) electrons. The first-order valence-corrected chi connectivity index (χ1v) is 12.9. The predicted octanol–water partition coefficient (Wildman–Crippen LogP) is 4.88. The van der Waals surface area contributed by atoms with E-state index in [1.165, 1.54) is 28.0 Å². The Morgan fingerprint density at radius 2 is 2.15 bits per heavy atom. The van der Waals surface area contributed by atoms with Crippen molar-refractivity contribution in [2.45, 2.75) is 45.2 Å². The Balaban J connectivity index is 1.47. The molecule has 1 aliphatic carbocycles. The molecule has 3 aromatic rings. The molecule has 33 heavy (non-hydrogen) atoms. The number of thioether (sulfide) groups is 1. The monoisotopic (exact) mass is 484 g/mol. The fourth-order valence-corrected chi connectivity index (χ4v) is 6.15. The molecule has 0 bridgehead atoms. The third kappa shape index (κ3) is 5.14. The van der Waals surface area contributed by atoms with Crippen molar-refractivity contribution in [3.05, 3.63) is 45.8 Å². The van der Waals surface area contributed by atoms with Crippen LogP contribution in [0.2, 0.25) is 0 Å². The standard InChI is InChI=1S/C24H28N4O3S2/c1-5-31-23(30)20-17-10-9-15(3)12-18(17)33-22(20)25-19(29)13-32-24-27-26-21(28(24)4)16-8-6-7-14(2)11-16/h6-8,11,15H,5,9-10,12-13H2,1-4H3,(H,25,29). The fourth-order valence-electron chi connectivity index (χ4n) is 4.03. The molecule has 1 amide bonds. The molecule has 0 fully saturated rings. The average molecular weight is 485 g/mol. The number of thiophene rings is 1. The number of fused-ring (bicyclic) bond motifs is 1. The highest BCUT2D eigenvalue weighted by atomic mass is 32.2. The van der Waals surface area contributed by atoms with Gasteiger partial charge in [0.05, 0.1) is 17.9 Å². The molecule has 9 heteroatoms. The molecule has 7 nitrogen and oxygen atoms in total. The van der Waals surface area contributed by atoms with E-state index >= 15 is 0 Å². The van der Waals surface area contributed by atoms with Crippen LogP contribution in [0.25, 0.3) is 11.4 Å². The predicted molar refractivity (Wildman–Crippen MR) is 132 cm³/mol. The lowest BCUT2D eigenvalue weighted by molar-refractivity contribution is -0.113. The Morgan fingerprint density at radius 1 is 1.33 bits per heavy atom. The summed E-state index contributed by atoms with van der Waals surface area (Å²) in [7, 11) is 1.89. The van der Waals surface area contributed by atoms with E-state index in [9.17, 15) is 9.59 Å². The molecule has 0 saturated carbocycles. The van der Waals surface area contributed by atoms with Crippen molar-refractivity contribution in [2.24, 2.45) is 13.0 Å². The maximum absolute atomic E-state index is 12.8. The van der Waals surface area contributed by atoms with Crippen molar-refractivity contribution in [3.8, 4) is 11.4 Å². The zero-order valence-electron chi connectivity index (χ0n) is 19.3. The molecular formula is C24H28N4O3S2. The van der Waals surface area contributed by atoms with Crippen LogP contribution in [0.3, 0.4) is 0 Å². The maximum Gasteiger partial charge on any atom is 0.341 e. The van der Waals surface area contributed by atoms with Gasteiger partial charge in [0.15, 0.2) is 11.0 Å². The minimum absolute atomic E-state index is 0.168. The van der Waals surface area contributed by atoms with Gasteiger partial charge in [-0.25, -0.2) is 4.79 Å². The second-order valence-corrected chi connectivity index (χ2v) is 10.4. The molecule has 1 unspecified atom stereocenters. The zero-order chi connectivity index (χ0) is 23.5. The first-order chi connectivity index (χ1) is 15.9. The quantitative estimate of drug-likeness (QED) is 0.380. The molecule has 0 saturated heterocycles. The van der Waals surface area contributed by atoms with Gasteiger partial charge < -0.3 is 14.6 Å². The number of aromatic nitrogens is 3. The van der Waals surface area contributed by atoms with Crippen molar-refractivity contribution in [2.75, 3.05) is 17.7 Å². The fraction of sp³-hybridized carbons (Fsp3) is 0.417. The summed E-state index contributed by atoms with van der Waals surface area (Å²) in [5.41, 5.74) is 3.70. The van der Waals surface area contributed by atoms with Gasteiger partial charge in [-0.15, -0.1) is 21.5 Å². The summed E-state index contributed by atoms with van der Waals surface area (Å²) >= 11 is 2.82. The van der Waals surface area contributed by atoms with Gasteiger partial charge in [-0.1, -0.05) is 42.4 Å². The molecule has 2 heterocycles. The number of carbonyl (C=O) groups excluding carboxylic acids is 2. The third-order valence-electron chi connectivity index (χ3n) is 5.69. The Kier molecular flexibility index (Phi) is 7.19. The first kappa shape index (κ1) is 23.5. The molecular weight excluding hydrogens is 456 g/mol. The van der Waals surface area contributed by atoms with Crippen LogP contribution in [0, 0.1) is 12.8 Å². The highest BCUT2D eigenvalue weighted by Crippen LogP contribution is 2.40. The summed E-state index contributed by atoms with van der Waals surface area (Å²) in [4.78, 5) is 26.6. The number of hydrogen-bond acceptors (Lipinski definition) is 7. The lowest BCUT2D eigenvalue weighted by Crippen LogP contribution is -2.18. The van der Waals surface area contributed by atoms with Crippen molar-refractivity contribution in [1.29, 1.82) is 0 Å². The first-order valence-electron chi connectivity index (χ1n) is 11.1. The van der Waals surface area contributed by atoms with Crippen LogP contribution in [0.1, 0.15) is 46.6 Å². The maximum atomic E-state index is 12.8. The number of carbonyl (C=O) groups is 2. The Labute approximate surface area is 201 Å². The molecule has 1 atom stereocenters. The smallest absolute Gasteiger partial charge is 0.341 e. The number of hydrogen-bond donors (Lipinski definition) is 1. The van der Waals surface area contributed by atoms with E-state index in [-0.39, 0.29) is 17.6 Å². The average Bonchev–Trinajstić information content (AvgIpc) is 3.31. The van der Waals surface area contributed by atoms with Gasteiger partial charge in [0.1, 0.15) is 5.00 Å². The normalized spacial score (nSPS) is 15.2. The third-order valence-corrected chi connectivity index (χ3v) is 7.88. The lowest BCUT2D eigenvalue weighted by Gasteiger charge is -2.18. The van der Waals surface area contributed by atoms with Gasteiger partial charge in [0.2, 0.25) is 5.91 Å². The number of nitrogens with zero attached hydrogens (tertiary/aromatic N) is 3. The van der Waals surface area contributed by atoms with Gasteiger partial charge in [-0.05, 0) is 50.7 Å². The summed E-state index contributed by atoms with van der Waals surface area (Å²) in [6.07, 6.45) is 2.80. The van der Waals surface area contributed by atoms with Gasteiger partial charge in [-0.3, -0.25) is 4.79 Å². The zero-order valence-corrected chi connectivity index (χ0v) is 20.9. The van der Waals surface area contributed by atoms with E-state index in [1.807, 2.05) is 36.7 Å². The number of aryl methyl sites for hydroxylation is 1. The number of anilines is 1. The molecule has 1 aromatic carbocycles. The van der Waals surface area contributed by atoms with Crippen LogP contribution in [-0.4, -0.2) is 39.0 Å². The SMILES string of the molecule is CCOC(=O)c1c(NC(=O)CSc2nnc(-c3cccc(C)c3)n2C)sc2c1CCC(C)C2. The second kappa shape index (κ2) is 10.1. The van der Waals surface area contributed by atoms with E-state index in [2.05, 4.69) is 28.5 Å². The molecule has 174 valence electrons. The van der Waals surface area contributed by atoms with E-state index in [0.29, 0.717) is 28.2 Å². The molecule has 1 aliphatic rings. The van der Waals surface area contributed by atoms with E-state index in [0.717, 1.165) is 41.8 Å². The highest BCUT2D eigenvalue weighted by Gasteiger charge is 2.29. The van der Waals surface area contributed by atoms with Crippen LogP contribution in [0.5, 0.6) is 0 Å². The summed E-state index contributed by atoms with van der Waals surface area (Å²) in [5, 5.41) is 12.8. The van der Waals surface area contributed by atoms with Crippen LogP contribution in [-0.2, 0) is 29.4 Å². The summed E-state index contributed by atoms with van der Waals surface area (Å²) in [6.45, 7) is 6.35. The topological polar surface area (TPSA) is 86.1 Å². The van der Waals surface area contributed by atoms with Crippen molar-refractivity contribution in [1.82, 2.24) is 14.8 Å². The molecule has 4 rings (SSSR count). The van der Waals surface area contributed by atoms with Gasteiger partial charge in [0, 0.05) is 17.5 Å². The molecule has 0 aliphatic heterocycles. The largest absolute Gasteiger partial charge is 0.462 e. The lowest BCUT2D eigenvalue weighted by atomic mass is 9.88. The number of rotatable bonds is 7. The van der Waals surface area contributed by atoms with E-state index < -0.39 is 0 Å². The van der Waals surface area contributed by atoms with Crippen molar-refractivity contribution >= 4 is 40.0 Å². The molecule has 1 N–H and O–H groups in total. The van der Waals surface area contributed by atoms with E-state index in [4.69, 9.17) is 4.74 Å². The molecule has 0 spiro atoms. The molecule has 2 aromatic heterocycles. The van der Waals surface area contributed by atoms with Crippen molar-refractivity contribution in [3.63, 3.8) is 0 Å². The van der Waals surface area contributed by atoms with E-state index in [1.54, 1.807) is 6.92 Å². The van der Waals surface area contributed by atoms with Gasteiger partial charge in [-0.2, -0.15) is 0 Å². The number of nitrogens with one attached hydrogen (secondary N) is 1. The minimum atomic E-state index is -0.358. The summed E-state index contributed by atoms with van der Waals surface area (Å²) in [5.74, 6) is 0.956. The number of esters is 1. The van der Waals surface area contributed by atoms with Crippen LogP contribution in [0.15, 0.2) is 29.4 Å². The summed E-state index contributed by atoms with van der Waals surface area (Å²) in [6, 6.07) is 8.08. The number of ether oxygens (including phenoxy) is 1. The van der Waals surface area contributed by atoms with Crippen LogP contribution >= 0.6 is 23.1 Å². The highest BCUT2D eigenvalue weighted by molar-refractivity contribution is 7.99.